The van der Waals surface area contributed by atoms with Gasteiger partial charge in [0.1, 0.15) is 0 Å². The second-order valence-electron chi connectivity index (χ2n) is 2.96. The van der Waals surface area contributed by atoms with Crippen LogP contribution in [-0.2, 0) is 0 Å². The number of carbonyl (C=O) groups excluding carboxylic acids is 1. The highest BCUT2D eigenvalue weighted by molar-refractivity contribution is 5.94. The van der Waals surface area contributed by atoms with Crippen LogP contribution in [0.1, 0.15) is 17.3 Å². The number of amides is 1. The molecule has 0 unspecified atom stereocenters. The SMILES string of the molecule is CCNCCNC(=O)c1ccncc1F.Cl.Cl. The van der Waals surface area contributed by atoms with Crippen molar-refractivity contribution in [3.8, 4) is 0 Å². The van der Waals surface area contributed by atoms with Crippen LogP contribution in [0.15, 0.2) is 18.5 Å². The molecule has 1 aromatic rings. The highest BCUT2D eigenvalue weighted by Crippen LogP contribution is 2.03. The molecule has 0 aromatic carbocycles. The second kappa shape index (κ2) is 10.3. The molecule has 0 saturated heterocycles. The first-order chi connectivity index (χ1) is 7.25. The van der Waals surface area contributed by atoms with Gasteiger partial charge in [0.15, 0.2) is 5.82 Å². The van der Waals surface area contributed by atoms with Gasteiger partial charge in [-0.15, -0.1) is 24.8 Å². The third kappa shape index (κ3) is 6.41. The quantitative estimate of drug-likeness (QED) is 0.804. The minimum atomic E-state index is -0.599. The predicted molar refractivity (Wildman–Crippen MR) is 69.6 cm³/mol. The molecule has 1 aromatic heterocycles. The number of halogens is 3. The monoisotopic (exact) mass is 283 g/mol. The van der Waals surface area contributed by atoms with Crippen molar-refractivity contribution in [3.63, 3.8) is 0 Å². The van der Waals surface area contributed by atoms with Crippen LogP contribution in [0, 0.1) is 5.82 Å². The third-order valence-corrected chi connectivity index (χ3v) is 1.85. The molecule has 0 aliphatic rings. The Kier molecular flexibility index (Phi) is 11.1. The first kappa shape index (κ1) is 18.5. The molecule has 2 N–H and O–H groups in total. The summed E-state index contributed by atoms with van der Waals surface area (Å²) in [6.07, 6.45) is 2.42. The van der Waals surface area contributed by atoms with Crippen molar-refractivity contribution in [1.29, 1.82) is 0 Å². The average molecular weight is 284 g/mol. The molecule has 1 heterocycles. The number of nitrogens with zero attached hydrogens (tertiary/aromatic N) is 1. The molecule has 98 valence electrons. The molecule has 0 aliphatic heterocycles. The number of aromatic nitrogens is 1. The van der Waals surface area contributed by atoms with E-state index in [-0.39, 0.29) is 30.4 Å². The Labute approximate surface area is 112 Å². The van der Waals surface area contributed by atoms with E-state index in [1.54, 1.807) is 0 Å². The molecular formula is C10H16Cl2FN3O. The Bertz CT molecular complexity index is 339. The molecule has 0 spiro atoms. The molecule has 7 heteroatoms. The molecule has 0 atom stereocenters. The number of hydrogen-bond donors (Lipinski definition) is 2. The number of nitrogens with one attached hydrogen (secondary N) is 2. The summed E-state index contributed by atoms with van der Waals surface area (Å²) >= 11 is 0. The summed E-state index contributed by atoms with van der Waals surface area (Å²) in [5.74, 6) is -1.01. The number of hydrogen-bond acceptors (Lipinski definition) is 3. The van der Waals surface area contributed by atoms with E-state index in [0.717, 1.165) is 12.7 Å². The molecule has 0 saturated carbocycles. The first-order valence-electron chi connectivity index (χ1n) is 4.84. The lowest BCUT2D eigenvalue weighted by Gasteiger charge is -2.05. The Balaban J connectivity index is 0. The zero-order chi connectivity index (χ0) is 11.1. The lowest BCUT2D eigenvalue weighted by atomic mass is 10.2. The van der Waals surface area contributed by atoms with Gasteiger partial charge in [0, 0.05) is 19.3 Å². The highest BCUT2D eigenvalue weighted by atomic mass is 35.5. The van der Waals surface area contributed by atoms with Crippen LogP contribution in [-0.4, -0.2) is 30.5 Å². The third-order valence-electron chi connectivity index (χ3n) is 1.85. The summed E-state index contributed by atoms with van der Waals surface area (Å²) in [5.41, 5.74) is 0.0292. The number of likely N-dealkylation sites (N-methyl/N-ethyl adjacent to an activating group) is 1. The number of pyridine rings is 1. The van der Waals surface area contributed by atoms with E-state index >= 15 is 0 Å². The zero-order valence-electron chi connectivity index (χ0n) is 9.40. The zero-order valence-corrected chi connectivity index (χ0v) is 11.0. The molecular weight excluding hydrogens is 268 g/mol. The van der Waals surface area contributed by atoms with Gasteiger partial charge in [-0.2, -0.15) is 0 Å². The molecule has 4 nitrogen and oxygen atoms in total. The van der Waals surface area contributed by atoms with Crippen LogP contribution >= 0.6 is 24.8 Å². The largest absolute Gasteiger partial charge is 0.351 e. The lowest BCUT2D eigenvalue weighted by Crippen LogP contribution is -2.32. The predicted octanol–water partition coefficient (Wildman–Crippen LogP) is 1.40. The standard InChI is InChI=1S/C10H14FN3O.2ClH/c1-2-12-5-6-14-10(15)8-3-4-13-7-9(8)11;;/h3-4,7,12H,2,5-6H2,1H3,(H,14,15);2*1H. The second-order valence-corrected chi connectivity index (χ2v) is 2.96. The topological polar surface area (TPSA) is 54.0 Å². The van der Waals surface area contributed by atoms with E-state index in [0.29, 0.717) is 13.1 Å². The van der Waals surface area contributed by atoms with Crippen LogP contribution in [0.2, 0.25) is 0 Å². The van der Waals surface area contributed by atoms with Crippen LogP contribution < -0.4 is 10.6 Å². The molecule has 0 aliphatic carbocycles. The van der Waals surface area contributed by atoms with Gasteiger partial charge in [0.05, 0.1) is 11.8 Å². The Hall–Kier alpha value is -0.910. The first-order valence-corrected chi connectivity index (χ1v) is 4.84. The smallest absolute Gasteiger partial charge is 0.254 e. The van der Waals surface area contributed by atoms with Gasteiger partial charge in [0.25, 0.3) is 5.91 Å². The Morgan fingerprint density at radius 1 is 1.41 bits per heavy atom. The summed E-state index contributed by atoms with van der Waals surface area (Å²) in [4.78, 5) is 15.0. The van der Waals surface area contributed by atoms with Crippen molar-refractivity contribution >= 4 is 30.7 Å². The van der Waals surface area contributed by atoms with E-state index < -0.39 is 11.7 Å². The van der Waals surface area contributed by atoms with E-state index in [1.807, 2.05) is 6.92 Å². The average Bonchev–Trinajstić information content (AvgIpc) is 2.25. The molecule has 0 bridgehead atoms. The van der Waals surface area contributed by atoms with Crippen molar-refractivity contribution in [1.82, 2.24) is 15.6 Å². The van der Waals surface area contributed by atoms with Gasteiger partial charge < -0.3 is 10.6 Å². The van der Waals surface area contributed by atoms with E-state index in [4.69, 9.17) is 0 Å². The maximum absolute atomic E-state index is 13.1. The van der Waals surface area contributed by atoms with Crippen LogP contribution in [0.25, 0.3) is 0 Å². The lowest BCUT2D eigenvalue weighted by molar-refractivity contribution is 0.0950. The highest BCUT2D eigenvalue weighted by Gasteiger charge is 2.09. The molecule has 0 radical (unpaired) electrons. The minimum Gasteiger partial charge on any atom is -0.351 e. The van der Waals surface area contributed by atoms with Gasteiger partial charge >= 0.3 is 0 Å². The van der Waals surface area contributed by atoms with Gasteiger partial charge in [0.2, 0.25) is 0 Å². The summed E-state index contributed by atoms with van der Waals surface area (Å²) in [5, 5.41) is 5.65. The normalized spacial score (nSPS) is 8.82. The fraction of sp³-hybridized carbons (Fsp3) is 0.400. The summed E-state index contributed by atoms with van der Waals surface area (Å²) in [7, 11) is 0. The fourth-order valence-corrected chi connectivity index (χ4v) is 1.10. The van der Waals surface area contributed by atoms with Crippen molar-refractivity contribution in [2.45, 2.75) is 6.92 Å². The van der Waals surface area contributed by atoms with Crippen LogP contribution in [0.3, 0.4) is 0 Å². The molecule has 17 heavy (non-hydrogen) atoms. The maximum atomic E-state index is 13.1. The molecule has 1 amide bonds. The van der Waals surface area contributed by atoms with Gasteiger partial charge in [-0.3, -0.25) is 9.78 Å². The Morgan fingerprint density at radius 3 is 2.71 bits per heavy atom. The van der Waals surface area contributed by atoms with Crippen molar-refractivity contribution < 1.29 is 9.18 Å². The van der Waals surface area contributed by atoms with E-state index in [1.165, 1.54) is 12.3 Å². The Morgan fingerprint density at radius 2 is 2.12 bits per heavy atom. The van der Waals surface area contributed by atoms with E-state index in [2.05, 4.69) is 15.6 Å². The number of carbonyl (C=O) groups is 1. The summed E-state index contributed by atoms with van der Waals surface area (Å²) in [6, 6.07) is 1.36. The summed E-state index contributed by atoms with van der Waals surface area (Å²) in [6.45, 7) is 3.98. The van der Waals surface area contributed by atoms with Crippen LogP contribution in [0.4, 0.5) is 4.39 Å². The van der Waals surface area contributed by atoms with Crippen LogP contribution in [0.5, 0.6) is 0 Å². The van der Waals surface area contributed by atoms with Gasteiger partial charge in [-0.25, -0.2) is 4.39 Å². The minimum absolute atomic E-state index is 0. The van der Waals surface area contributed by atoms with Gasteiger partial charge in [-0.1, -0.05) is 6.92 Å². The van der Waals surface area contributed by atoms with Crippen molar-refractivity contribution in [2.24, 2.45) is 0 Å². The van der Waals surface area contributed by atoms with Crippen molar-refractivity contribution in [3.05, 3.63) is 29.8 Å². The van der Waals surface area contributed by atoms with Crippen molar-refractivity contribution in [2.75, 3.05) is 19.6 Å². The van der Waals surface area contributed by atoms with Gasteiger partial charge in [-0.05, 0) is 12.6 Å². The summed E-state index contributed by atoms with van der Waals surface area (Å²) < 4.78 is 13.1. The van der Waals surface area contributed by atoms with E-state index in [9.17, 15) is 9.18 Å². The molecule has 0 fully saturated rings. The fourth-order valence-electron chi connectivity index (χ4n) is 1.10. The maximum Gasteiger partial charge on any atom is 0.254 e. The number of rotatable bonds is 5. The molecule has 1 rings (SSSR count).